The summed E-state index contributed by atoms with van der Waals surface area (Å²) in [5.41, 5.74) is -0.0212. The van der Waals surface area contributed by atoms with E-state index in [9.17, 15) is 9.59 Å². The van der Waals surface area contributed by atoms with E-state index in [0.717, 1.165) is 5.69 Å². The summed E-state index contributed by atoms with van der Waals surface area (Å²) in [7, 11) is 0. The van der Waals surface area contributed by atoms with Crippen LogP contribution in [0.3, 0.4) is 0 Å². The Bertz CT molecular complexity index is 673. The molecule has 2 saturated heterocycles. The number of hydrogen-bond donors (Lipinski definition) is 0. The molecule has 2 aliphatic rings. The molecule has 2 fully saturated rings. The van der Waals surface area contributed by atoms with Crippen LogP contribution in [0.15, 0.2) is 24.4 Å². The van der Waals surface area contributed by atoms with E-state index in [-0.39, 0.29) is 24.1 Å². The van der Waals surface area contributed by atoms with Crippen LogP contribution in [0, 0.1) is 5.41 Å². The molecule has 1 aromatic rings. The Balaban J connectivity index is 1.78. The van der Waals surface area contributed by atoms with E-state index in [1.165, 1.54) is 0 Å². The zero-order valence-corrected chi connectivity index (χ0v) is 16.4. The van der Waals surface area contributed by atoms with Gasteiger partial charge in [-0.05, 0) is 59.6 Å². The number of β-lactam (4-membered cyclic amide) rings is 1. The Morgan fingerprint density at radius 3 is 2.42 bits per heavy atom. The summed E-state index contributed by atoms with van der Waals surface area (Å²) < 4.78 is 5.47. The van der Waals surface area contributed by atoms with Gasteiger partial charge in [0, 0.05) is 25.3 Å². The van der Waals surface area contributed by atoms with E-state index in [0.29, 0.717) is 25.9 Å². The monoisotopic (exact) mass is 359 g/mol. The van der Waals surface area contributed by atoms with Gasteiger partial charge in [-0.15, -0.1) is 0 Å². The molecule has 142 valence electrons. The normalized spacial score (nSPS) is 22.5. The van der Waals surface area contributed by atoms with E-state index in [4.69, 9.17) is 4.74 Å². The van der Waals surface area contributed by atoms with Gasteiger partial charge in [0.25, 0.3) is 0 Å². The number of likely N-dealkylation sites (tertiary alicyclic amines) is 2. The topological polar surface area (TPSA) is 62.7 Å². The predicted octanol–water partition coefficient (Wildman–Crippen LogP) is 3.39. The van der Waals surface area contributed by atoms with Crippen molar-refractivity contribution >= 4 is 12.0 Å². The molecule has 0 aliphatic carbocycles. The van der Waals surface area contributed by atoms with E-state index in [1.807, 2.05) is 57.7 Å². The predicted molar refractivity (Wildman–Crippen MR) is 98.4 cm³/mol. The summed E-state index contributed by atoms with van der Waals surface area (Å²) in [5.74, 6) is 0.187. The molecule has 1 spiro atoms. The first kappa shape index (κ1) is 18.7. The number of amides is 2. The standard InChI is InChI=1S/C20H29N3O3/c1-14(2)23-16(15-8-6-7-11-21-15)20(17(23)24)9-12-22(13-10-20)18(25)26-19(3,4)5/h6-8,11,14,16H,9-10,12-13H2,1-5H3. The van der Waals surface area contributed by atoms with Crippen molar-refractivity contribution in [3.63, 3.8) is 0 Å². The first-order valence-corrected chi connectivity index (χ1v) is 9.37. The second kappa shape index (κ2) is 6.56. The number of carbonyl (C=O) groups is 2. The van der Waals surface area contributed by atoms with Gasteiger partial charge >= 0.3 is 6.09 Å². The summed E-state index contributed by atoms with van der Waals surface area (Å²) in [6.07, 6.45) is 2.78. The first-order chi connectivity index (χ1) is 12.2. The fourth-order valence-corrected chi connectivity index (χ4v) is 4.09. The number of ether oxygens (including phenoxy) is 1. The molecular formula is C20H29N3O3. The largest absolute Gasteiger partial charge is 0.444 e. The van der Waals surface area contributed by atoms with Gasteiger partial charge in [0.2, 0.25) is 5.91 Å². The molecule has 1 atom stereocenters. The van der Waals surface area contributed by atoms with Gasteiger partial charge in [0.05, 0.1) is 17.2 Å². The molecule has 3 rings (SSSR count). The highest BCUT2D eigenvalue weighted by atomic mass is 16.6. The van der Waals surface area contributed by atoms with Gasteiger partial charge in [-0.2, -0.15) is 0 Å². The second-order valence-electron chi connectivity index (χ2n) is 8.59. The van der Waals surface area contributed by atoms with Crippen molar-refractivity contribution in [2.45, 2.75) is 65.1 Å². The van der Waals surface area contributed by atoms with Crippen LogP contribution in [-0.4, -0.2) is 51.5 Å². The fraction of sp³-hybridized carbons (Fsp3) is 0.650. The quantitative estimate of drug-likeness (QED) is 0.760. The highest BCUT2D eigenvalue weighted by Crippen LogP contribution is 2.56. The summed E-state index contributed by atoms with van der Waals surface area (Å²) >= 11 is 0. The van der Waals surface area contributed by atoms with Crippen molar-refractivity contribution in [2.75, 3.05) is 13.1 Å². The SMILES string of the molecule is CC(C)N1C(=O)C2(CCN(C(=O)OC(C)(C)C)CC2)C1c1ccccn1. The molecule has 0 saturated carbocycles. The number of rotatable bonds is 2. The number of pyridine rings is 1. The zero-order chi connectivity index (χ0) is 19.1. The maximum absolute atomic E-state index is 13.0. The van der Waals surface area contributed by atoms with Crippen molar-refractivity contribution in [3.05, 3.63) is 30.1 Å². The third kappa shape index (κ3) is 3.17. The highest BCUT2D eigenvalue weighted by molar-refractivity contribution is 5.91. The lowest BCUT2D eigenvalue weighted by Gasteiger charge is -2.59. The number of hydrogen-bond acceptors (Lipinski definition) is 4. The third-order valence-corrected chi connectivity index (χ3v) is 5.29. The van der Waals surface area contributed by atoms with Crippen LogP contribution in [0.25, 0.3) is 0 Å². The molecule has 26 heavy (non-hydrogen) atoms. The van der Waals surface area contributed by atoms with Crippen molar-refractivity contribution in [2.24, 2.45) is 5.41 Å². The highest BCUT2D eigenvalue weighted by Gasteiger charge is 2.62. The Kier molecular flexibility index (Phi) is 4.71. The van der Waals surface area contributed by atoms with Crippen LogP contribution in [0.4, 0.5) is 4.79 Å². The fourth-order valence-electron chi connectivity index (χ4n) is 4.09. The van der Waals surface area contributed by atoms with Gasteiger partial charge in [-0.25, -0.2) is 4.79 Å². The number of nitrogens with zero attached hydrogens (tertiary/aromatic N) is 3. The number of piperidine rings is 1. The lowest BCUT2D eigenvalue weighted by atomic mass is 9.62. The van der Waals surface area contributed by atoms with E-state index in [1.54, 1.807) is 11.1 Å². The molecule has 0 bridgehead atoms. The minimum absolute atomic E-state index is 0.0167. The Morgan fingerprint density at radius 2 is 1.92 bits per heavy atom. The van der Waals surface area contributed by atoms with Crippen LogP contribution in [-0.2, 0) is 9.53 Å². The average molecular weight is 359 g/mol. The lowest BCUT2D eigenvalue weighted by molar-refractivity contribution is -0.185. The van der Waals surface area contributed by atoms with Crippen LogP contribution < -0.4 is 0 Å². The van der Waals surface area contributed by atoms with Crippen LogP contribution in [0.2, 0.25) is 0 Å². The summed E-state index contributed by atoms with van der Waals surface area (Å²) in [5, 5.41) is 0. The third-order valence-electron chi connectivity index (χ3n) is 5.29. The van der Waals surface area contributed by atoms with E-state index >= 15 is 0 Å². The minimum atomic E-state index is -0.510. The molecule has 6 heteroatoms. The minimum Gasteiger partial charge on any atom is -0.444 e. The van der Waals surface area contributed by atoms with Crippen LogP contribution in [0.1, 0.15) is 59.2 Å². The van der Waals surface area contributed by atoms with Crippen molar-refractivity contribution in [1.29, 1.82) is 0 Å². The molecule has 1 unspecified atom stereocenters. The lowest BCUT2D eigenvalue weighted by Crippen LogP contribution is -2.68. The number of carbonyl (C=O) groups excluding carboxylic acids is 2. The van der Waals surface area contributed by atoms with Gasteiger partial charge in [-0.1, -0.05) is 6.07 Å². The molecule has 6 nitrogen and oxygen atoms in total. The molecule has 1 aromatic heterocycles. The molecule has 0 radical (unpaired) electrons. The summed E-state index contributed by atoms with van der Waals surface area (Å²) in [6, 6.07) is 5.96. The Hall–Kier alpha value is -2.11. The van der Waals surface area contributed by atoms with Crippen molar-refractivity contribution in [1.82, 2.24) is 14.8 Å². The molecule has 3 heterocycles. The Morgan fingerprint density at radius 1 is 1.27 bits per heavy atom. The van der Waals surface area contributed by atoms with Gasteiger partial charge < -0.3 is 14.5 Å². The van der Waals surface area contributed by atoms with Gasteiger partial charge in [-0.3, -0.25) is 9.78 Å². The molecule has 0 aromatic carbocycles. The van der Waals surface area contributed by atoms with E-state index < -0.39 is 11.0 Å². The summed E-state index contributed by atoms with van der Waals surface area (Å²) in [4.78, 5) is 33.5. The maximum atomic E-state index is 13.0. The molecule has 2 aliphatic heterocycles. The average Bonchev–Trinajstić information content (AvgIpc) is 2.58. The van der Waals surface area contributed by atoms with Crippen molar-refractivity contribution < 1.29 is 14.3 Å². The van der Waals surface area contributed by atoms with Gasteiger partial charge in [0.1, 0.15) is 5.60 Å². The smallest absolute Gasteiger partial charge is 0.410 e. The number of aromatic nitrogens is 1. The summed E-state index contributed by atoms with van der Waals surface area (Å²) in [6.45, 7) is 10.7. The molecule has 2 amide bonds. The molecular weight excluding hydrogens is 330 g/mol. The Labute approximate surface area is 155 Å². The maximum Gasteiger partial charge on any atom is 0.410 e. The zero-order valence-electron chi connectivity index (χ0n) is 16.4. The van der Waals surface area contributed by atoms with Crippen LogP contribution in [0.5, 0.6) is 0 Å². The van der Waals surface area contributed by atoms with Gasteiger partial charge in [0.15, 0.2) is 0 Å². The first-order valence-electron chi connectivity index (χ1n) is 9.37. The van der Waals surface area contributed by atoms with Crippen LogP contribution >= 0.6 is 0 Å². The van der Waals surface area contributed by atoms with E-state index in [2.05, 4.69) is 4.98 Å². The second-order valence-corrected chi connectivity index (χ2v) is 8.59. The molecule has 0 N–H and O–H groups in total. The van der Waals surface area contributed by atoms with Crippen molar-refractivity contribution in [3.8, 4) is 0 Å².